The summed E-state index contributed by atoms with van der Waals surface area (Å²) in [6.07, 6.45) is 0.659. The molecule has 7 heteroatoms. The predicted molar refractivity (Wildman–Crippen MR) is 109 cm³/mol. The van der Waals surface area contributed by atoms with Crippen LogP contribution >= 0.6 is 15.9 Å². The molecule has 1 N–H and O–H groups in total. The molecule has 5 nitrogen and oxygen atoms in total. The van der Waals surface area contributed by atoms with E-state index in [1.165, 1.54) is 5.69 Å². The van der Waals surface area contributed by atoms with Crippen molar-refractivity contribution in [2.24, 2.45) is 0 Å². The van der Waals surface area contributed by atoms with Crippen molar-refractivity contribution in [1.82, 2.24) is 9.62 Å². The molecule has 0 unspecified atom stereocenters. The molecular formula is C19H24BrN3O2S. The van der Waals surface area contributed by atoms with E-state index < -0.39 is 10.0 Å². The van der Waals surface area contributed by atoms with Gasteiger partial charge in [0.25, 0.3) is 0 Å². The monoisotopic (exact) mass is 437 g/mol. The first kappa shape index (κ1) is 19.4. The van der Waals surface area contributed by atoms with Gasteiger partial charge in [-0.3, -0.25) is 0 Å². The van der Waals surface area contributed by atoms with Crippen molar-refractivity contribution >= 4 is 31.6 Å². The van der Waals surface area contributed by atoms with E-state index >= 15 is 0 Å². The Morgan fingerprint density at radius 3 is 2.31 bits per heavy atom. The Morgan fingerprint density at radius 1 is 1.00 bits per heavy atom. The average molecular weight is 438 g/mol. The van der Waals surface area contributed by atoms with Crippen LogP contribution in [-0.2, 0) is 16.4 Å². The zero-order valence-corrected chi connectivity index (χ0v) is 17.3. The molecule has 0 amide bonds. The van der Waals surface area contributed by atoms with E-state index in [0.29, 0.717) is 17.4 Å². The second kappa shape index (κ2) is 8.52. The van der Waals surface area contributed by atoms with Crippen LogP contribution in [0.4, 0.5) is 5.69 Å². The molecule has 0 atom stereocenters. The SMILES string of the molecule is CN1CCN(c2ccc(CCNS(=O)(=O)c3ccccc3Br)cc2)CC1. The van der Waals surface area contributed by atoms with Gasteiger partial charge in [0.1, 0.15) is 0 Å². The molecule has 2 aromatic carbocycles. The molecule has 0 radical (unpaired) electrons. The molecule has 3 rings (SSSR count). The highest BCUT2D eigenvalue weighted by Crippen LogP contribution is 2.21. The number of hydrogen-bond acceptors (Lipinski definition) is 4. The summed E-state index contributed by atoms with van der Waals surface area (Å²) in [7, 11) is -1.35. The lowest BCUT2D eigenvalue weighted by Crippen LogP contribution is -2.44. The molecule has 26 heavy (non-hydrogen) atoms. The molecule has 1 saturated heterocycles. The molecule has 0 aliphatic carbocycles. The highest BCUT2D eigenvalue weighted by molar-refractivity contribution is 9.10. The standard InChI is InChI=1S/C19H24BrN3O2S/c1-22-12-14-23(15-13-22)17-8-6-16(7-9-17)10-11-21-26(24,25)19-5-3-2-4-18(19)20/h2-9,21H,10-15H2,1H3. The van der Waals surface area contributed by atoms with Crippen molar-refractivity contribution < 1.29 is 8.42 Å². The third-order valence-corrected chi connectivity index (χ3v) is 7.11. The van der Waals surface area contributed by atoms with E-state index in [1.54, 1.807) is 24.3 Å². The lowest BCUT2D eigenvalue weighted by Gasteiger charge is -2.34. The number of halogens is 1. The molecule has 140 valence electrons. The fraction of sp³-hybridized carbons (Fsp3) is 0.368. The number of sulfonamides is 1. The Bertz CT molecular complexity index is 832. The second-order valence-corrected chi connectivity index (χ2v) is 9.12. The van der Waals surface area contributed by atoms with Crippen molar-refractivity contribution in [3.63, 3.8) is 0 Å². The number of rotatable bonds is 6. The highest BCUT2D eigenvalue weighted by Gasteiger charge is 2.16. The summed E-state index contributed by atoms with van der Waals surface area (Å²) in [5.74, 6) is 0. The summed E-state index contributed by atoms with van der Waals surface area (Å²) in [6, 6.07) is 15.3. The Balaban J connectivity index is 1.54. The Labute approximate surface area is 164 Å². The summed E-state index contributed by atoms with van der Waals surface area (Å²) in [4.78, 5) is 4.99. The van der Waals surface area contributed by atoms with Gasteiger partial charge in [0.15, 0.2) is 0 Å². The van der Waals surface area contributed by atoms with Gasteiger partial charge < -0.3 is 9.80 Å². The van der Waals surface area contributed by atoms with Crippen molar-refractivity contribution in [2.45, 2.75) is 11.3 Å². The van der Waals surface area contributed by atoms with E-state index in [1.807, 2.05) is 0 Å². The van der Waals surface area contributed by atoms with Crippen molar-refractivity contribution in [1.29, 1.82) is 0 Å². The van der Waals surface area contributed by atoms with Gasteiger partial charge in [-0.25, -0.2) is 13.1 Å². The third-order valence-electron chi connectivity index (χ3n) is 4.64. The van der Waals surface area contributed by atoms with E-state index in [-0.39, 0.29) is 4.90 Å². The van der Waals surface area contributed by atoms with Crippen LogP contribution in [0.1, 0.15) is 5.56 Å². The van der Waals surface area contributed by atoms with Gasteiger partial charge in [-0.1, -0.05) is 24.3 Å². The number of nitrogens with one attached hydrogen (secondary N) is 1. The average Bonchev–Trinajstić information content (AvgIpc) is 2.63. The molecule has 0 aromatic heterocycles. The fourth-order valence-corrected chi connectivity index (χ4v) is 5.04. The fourth-order valence-electron chi connectivity index (χ4n) is 3.01. The number of hydrogen-bond donors (Lipinski definition) is 1. The normalized spacial score (nSPS) is 16.0. The van der Waals surface area contributed by atoms with E-state index in [9.17, 15) is 8.42 Å². The first-order valence-corrected chi connectivity index (χ1v) is 11.0. The van der Waals surface area contributed by atoms with Gasteiger partial charge in [-0.2, -0.15) is 0 Å². The maximum absolute atomic E-state index is 12.4. The van der Waals surface area contributed by atoms with Crippen LogP contribution in [0.2, 0.25) is 0 Å². The molecule has 0 spiro atoms. The maximum atomic E-state index is 12.4. The van der Waals surface area contributed by atoms with Gasteiger partial charge in [-0.05, 0) is 59.2 Å². The minimum absolute atomic E-state index is 0.269. The van der Waals surface area contributed by atoms with Gasteiger partial charge in [0.05, 0.1) is 4.90 Å². The van der Waals surface area contributed by atoms with Gasteiger partial charge in [-0.15, -0.1) is 0 Å². The number of piperazine rings is 1. The molecule has 2 aromatic rings. The molecule has 0 saturated carbocycles. The number of anilines is 1. The minimum Gasteiger partial charge on any atom is -0.369 e. The van der Waals surface area contributed by atoms with Crippen molar-refractivity contribution in [2.75, 3.05) is 44.7 Å². The largest absolute Gasteiger partial charge is 0.369 e. The number of nitrogens with zero attached hydrogens (tertiary/aromatic N) is 2. The zero-order chi connectivity index (χ0) is 18.6. The van der Waals surface area contributed by atoms with E-state index in [4.69, 9.17) is 0 Å². The molecule has 1 heterocycles. The number of likely N-dealkylation sites (N-methyl/N-ethyl adjacent to an activating group) is 1. The predicted octanol–water partition coefficient (Wildman–Crippen LogP) is 2.72. The first-order valence-electron chi connectivity index (χ1n) is 8.72. The van der Waals surface area contributed by atoms with Crippen LogP contribution in [0.5, 0.6) is 0 Å². The van der Waals surface area contributed by atoms with E-state index in [0.717, 1.165) is 31.7 Å². The quantitative estimate of drug-likeness (QED) is 0.754. The Hall–Kier alpha value is -1.41. The van der Waals surface area contributed by atoms with Crippen molar-refractivity contribution in [3.05, 3.63) is 58.6 Å². The summed E-state index contributed by atoms with van der Waals surface area (Å²) < 4.78 is 28.0. The van der Waals surface area contributed by atoms with Crippen LogP contribution in [-0.4, -0.2) is 53.1 Å². The molecular weight excluding hydrogens is 414 g/mol. The molecule has 1 aliphatic heterocycles. The summed E-state index contributed by atoms with van der Waals surface area (Å²) in [5.41, 5.74) is 2.35. The Morgan fingerprint density at radius 2 is 1.65 bits per heavy atom. The van der Waals surface area contributed by atoms with E-state index in [2.05, 4.69) is 61.8 Å². The molecule has 0 bridgehead atoms. The van der Waals surface area contributed by atoms with Gasteiger partial charge >= 0.3 is 0 Å². The smallest absolute Gasteiger partial charge is 0.241 e. The lowest BCUT2D eigenvalue weighted by molar-refractivity contribution is 0.313. The highest BCUT2D eigenvalue weighted by atomic mass is 79.9. The summed E-state index contributed by atoms with van der Waals surface area (Å²) >= 11 is 3.29. The van der Waals surface area contributed by atoms with Crippen LogP contribution in [0, 0.1) is 0 Å². The first-order chi connectivity index (χ1) is 12.5. The zero-order valence-electron chi connectivity index (χ0n) is 14.9. The third kappa shape index (κ3) is 4.85. The van der Waals surface area contributed by atoms with Crippen LogP contribution in [0.15, 0.2) is 57.9 Å². The Kier molecular flexibility index (Phi) is 6.34. The van der Waals surface area contributed by atoms with Crippen LogP contribution < -0.4 is 9.62 Å². The van der Waals surface area contributed by atoms with Gasteiger partial charge in [0.2, 0.25) is 10.0 Å². The summed E-state index contributed by atoms with van der Waals surface area (Å²) in [6.45, 7) is 4.62. The van der Waals surface area contributed by atoms with Crippen LogP contribution in [0.25, 0.3) is 0 Å². The minimum atomic E-state index is -3.50. The second-order valence-electron chi connectivity index (χ2n) is 6.53. The molecule has 1 fully saturated rings. The summed E-state index contributed by atoms with van der Waals surface area (Å²) in [5, 5.41) is 0. The number of benzene rings is 2. The topological polar surface area (TPSA) is 52.6 Å². The van der Waals surface area contributed by atoms with Crippen LogP contribution in [0.3, 0.4) is 0 Å². The van der Waals surface area contributed by atoms with Crippen molar-refractivity contribution in [3.8, 4) is 0 Å². The molecule has 1 aliphatic rings. The van der Waals surface area contributed by atoms with Gasteiger partial charge in [0, 0.05) is 42.9 Å². The lowest BCUT2D eigenvalue weighted by atomic mass is 10.1. The maximum Gasteiger partial charge on any atom is 0.241 e.